The fraction of sp³-hybridized carbons (Fsp3) is 0.474. The fourth-order valence-electron chi connectivity index (χ4n) is 4.21. The van der Waals surface area contributed by atoms with Crippen LogP contribution in [0.15, 0.2) is 21.7 Å². The van der Waals surface area contributed by atoms with E-state index in [1.807, 2.05) is 0 Å². The molecule has 0 bridgehead atoms. The van der Waals surface area contributed by atoms with Crippen molar-refractivity contribution in [2.45, 2.75) is 56.5 Å². The van der Waals surface area contributed by atoms with Gasteiger partial charge in [0.1, 0.15) is 23.5 Å². The molecule has 2 aromatic heterocycles. The molecule has 1 aliphatic carbocycles. The van der Waals surface area contributed by atoms with Crippen molar-refractivity contribution < 1.29 is 37.3 Å². The summed E-state index contributed by atoms with van der Waals surface area (Å²) in [6.07, 6.45) is 2.77. The number of aliphatic imine (C=N–C) groups is 1. The Labute approximate surface area is 229 Å². The first-order valence-electron chi connectivity index (χ1n) is 11.6. The van der Waals surface area contributed by atoms with Crippen LogP contribution in [0.3, 0.4) is 0 Å². The topological polar surface area (TPSA) is 297 Å². The summed E-state index contributed by atoms with van der Waals surface area (Å²) < 4.78 is 33.5. The third kappa shape index (κ3) is 5.94. The van der Waals surface area contributed by atoms with Crippen LogP contribution in [0.4, 0.5) is 5.13 Å². The molecule has 2 fully saturated rings. The lowest BCUT2D eigenvalue weighted by Crippen LogP contribution is -2.73. The summed E-state index contributed by atoms with van der Waals surface area (Å²) in [4.78, 5) is 52.0. The van der Waals surface area contributed by atoms with Crippen molar-refractivity contribution in [2.75, 3.05) is 5.73 Å². The van der Waals surface area contributed by atoms with Gasteiger partial charge in [-0.1, -0.05) is 5.16 Å². The second kappa shape index (κ2) is 11.0. The van der Waals surface area contributed by atoms with Gasteiger partial charge in [-0.25, -0.2) is 19.1 Å². The number of carbonyl (C=O) groups excluding carboxylic acids is 2. The number of aromatic nitrogens is 4. The third-order valence-corrected chi connectivity index (χ3v) is 7.78. The summed E-state index contributed by atoms with van der Waals surface area (Å²) >= 11 is 0.969. The van der Waals surface area contributed by atoms with Gasteiger partial charge < -0.3 is 32.5 Å². The van der Waals surface area contributed by atoms with Crippen molar-refractivity contribution in [2.24, 2.45) is 21.6 Å². The van der Waals surface area contributed by atoms with E-state index in [9.17, 15) is 32.5 Å². The molecule has 0 spiro atoms. The van der Waals surface area contributed by atoms with E-state index in [0.717, 1.165) is 16.1 Å². The molecule has 0 unspecified atom stereocenters. The number of hydrogen-bond donors (Lipinski definition) is 6. The van der Waals surface area contributed by atoms with Crippen molar-refractivity contribution in [3.63, 3.8) is 0 Å². The number of nitrogens with zero attached hydrogens (tertiary/aromatic N) is 7. The quantitative estimate of drug-likeness (QED) is 0.0508. The molecule has 21 heteroatoms. The summed E-state index contributed by atoms with van der Waals surface area (Å²) in [7, 11) is -5.01. The maximum Gasteiger partial charge on any atom is 0.362 e. The van der Waals surface area contributed by atoms with Crippen LogP contribution in [0.25, 0.3) is 0 Å². The summed E-state index contributed by atoms with van der Waals surface area (Å²) in [5.41, 5.74) is 14.4. The zero-order chi connectivity index (χ0) is 29.2. The molecule has 9 N–H and O–H groups in total. The number of rotatable bonds is 11. The van der Waals surface area contributed by atoms with Crippen molar-refractivity contribution >= 4 is 56.2 Å². The molecule has 3 heterocycles. The number of anilines is 1. The normalized spacial score (nSPS) is 20.6. The summed E-state index contributed by atoms with van der Waals surface area (Å²) in [5.74, 6) is -3.63. The van der Waals surface area contributed by atoms with Gasteiger partial charge in [0.25, 0.3) is 11.8 Å². The van der Waals surface area contributed by atoms with E-state index in [-0.39, 0.29) is 47.0 Å². The number of thiazole rings is 1. The zero-order valence-corrected chi connectivity index (χ0v) is 22.2. The molecule has 2 aliphatic rings. The summed E-state index contributed by atoms with van der Waals surface area (Å²) in [6.45, 7) is -0.393. The van der Waals surface area contributed by atoms with Crippen LogP contribution in [0.2, 0.25) is 0 Å². The van der Waals surface area contributed by atoms with Gasteiger partial charge in [0, 0.05) is 18.2 Å². The smallest absolute Gasteiger partial charge is 0.362 e. The van der Waals surface area contributed by atoms with Crippen LogP contribution in [-0.2, 0) is 42.6 Å². The van der Waals surface area contributed by atoms with Crippen LogP contribution < -0.4 is 22.5 Å². The monoisotopic (exact) mass is 599 g/mol. The number of hydrogen-bond acceptors (Lipinski definition) is 13. The molecule has 19 nitrogen and oxygen atoms in total. The highest BCUT2D eigenvalue weighted by molar-refractivity contribution is 7.84. The van der Waals surface area contributed by atoms with E-state index in [2.05, 4.69) is 30.6 Å². The van der Waals surface area contributed by atoms with Gasteiger partial charge in [0.05, 0.1) is 19.3 Å². The fourth-order valence-corrected chi connectivity index (χ4v) is 5.63. The molecule has 1 saturated carbocycles. The van der Waals surface area contributed by atoms with E-state index in [0.29, 0.717) is 18.5 Å². The number of aliphatic carboxylic acids is 1. The van der Waals surface area contributed by atoms with Gasteiger partial charge in [-0.05, 0) is 12.8 Å². The van der Waals surface area contributed by atoms with Crippen molar-refractivity contribution in [1.29, 1.82) is 0 Å². The predicted octanol–water partition coefficient (Wildman–Crippen LogP) is -2.59. The molecule has 40 heavy (non-hydrogen) atoms. The van der Waals surface area contributed by atoms with E-state index < -0.39 is 51.5 Å². The first-order chi connectivity index (χ1) is 18.8. The molecular formula is C19H25N11O8S2. The zero-order valence-electron chi connectivity index (χ0n) is 20.6. The van der Waals surface area contributed by atoms with Crippen molar-refractivity contribution in [3.05, 3.63) is 23.0 Å². The van der Waals surface area contributed by atoms with Gasteiger partial charge in [0.2, 0.25) is 5.60 Å². The lowest BCUT2D eigenvalue weighted by atomic mass is 9.98. The molecule has 1 saturated heterocycles. The summed E-state index contributed by atoms with van der Waals surface area (Å²) in [5, 5.41) is 25.3. The molecular weight excluding hydrogens is 574 g/mol. The number of nitrogens with one attached hydrogen (secondary N) is 1. The average molecular weight is 600 g/mol. The maximum atomic E-state index is 13.3. The van der Waals surface area contributed by atoms with Gasteiger partial charge >= 0.3 is 16.3 Å². The number of nitrogen functional groups attached to an aromatic ring is 1. The minimum absolute atomic E-state index is 0.0253. The Morgan fingerprint density at radius 3 is 2.58 bits per heavy atom. The van der Waals surface area contributed by atoms with Crippen LogP contribution in [0.1, 0.15) is 37.1 Å². The number of guanidine groups is 1. The number of oxime groups is 1. The Morgan fingerprint density at radius 1 is 1.30 bits per heavy atom. The molecule has 1 aliphatic heterocycles. The molecule has 4 rings (SSSR count). The van der Waals surface area contributed by atoms with Gasteiger partial charge in [-0.3, -0.25) is 14.1 Å². The molecule has 0 aromatic carbocycles. The van der Waals surface area contributed by atoms with Gasteiger partial charge in [-0.2, -0.15) is 23.4 Å². The Balaban J connectivity index is 1.58. The minimum Gasteiger partial charge on any atom is -0.478 e. The SMILES string of the molecule is NC(N)=NCc1cnn(C[C@@H]2[C@H](NC(=O)/C(=N\OC3(C(=O)O)CCCC3)c3csc(N)n3)C(=O)N2S(=O)(=O)O)n1. The molecule has 2 amide bonds. The van der Waals surface area contributed by atoms with Crippen LogP contribution >= 0.6 is 11.3 Å². The largest absolute Gasteiger partial charge is 0.478 e. The first-order valence-corrected chi connectivity index (χ1v) is 13.9. The Hall–Kier alpha value is -4.37. The molecule has 2 atom stereocenters. The highest BCUT2D eigenvalue weighted by Crippen LogP contribution is 2.34. The van der Waals surface area contributed by atoms with E-state index in [1.54, 1.807) is 0 Å². The number of β-lactam (4-membered cyclic amide) rings is 1. The van der Waals surface area contributed by atoms with Crippen molar-refractivity contribution in [3.8, 4) is 0 Å². The molecule has 216 valence electrons. The Bertz CT molecular complexity index is 1470. The number of carboxylic acid groups (broad SMARTS) is 1. The lowest BCUT2D eigenvalue weighted by molar-refractivity contribution is -0.165. The van der Waals surface area contributed by atoms with Crippen LogP contribution in [-0.4, -0.2) is 89.5 Å². The van der Waals surface area contributed by atoms with Crippen LogP contribution in [0.5, 0.6) is 0 Å². The maximum absolute atomic E-state index is 13.3. The Morgan fingerprint density at radius 2 is 2.00 bits per heavy atom. The van der Waals surface area contributed by atoms with E-state index in [4.69, 9.17) is 22.0 Å². The highest BCUT2D eigenvalue weighted by Gasteiger charge is 2.55. The second-order valence-corrected chi connectivity index (χ2v) is 11.0. The van der Waals surface area contributed by atoms with Gasteiger partial charge in [0.15, 0.2) is 16.8 Å². The number of carboxylic acids is 1. The lowest BCUT2D eigenvalue weighted by Gasteiger charge is -2.43. The van der Waals surface area contributed by atoms with E-state index in [1.165, 1.54) is 11.6 Å². The first kappa shape index (κ1) is 28.6. The standard InChI is InChI=1S/C19H25N11O8S2/c20-17(21)23-5-9-6-24-29(27-9)7-11-13(15(32)30(11)40(35,36)37)26-14(31)12(10-8-39-18(22)25-10)28-38-19(16(33)34)3-1-2-4-19/h6,8,11,13H,1-5,7H2,(H2,22,25)(H,26,31)(H,33,34)(H4,20,21,23)(H,35,36,37)/b28-12-/t11-,13+/m1/s1. The molecule has 2 aromatic rings. The minimum atomic E-state index is -5.01. The predicted molar refractivity (Wildman–Crippen MR) is 137 cm³/mol. The number of carbonyl (C=O) groups is 3. The van der Waals surface area contributed by atoms with E-state index >= 15 is 0 Å². The summed E-state index contributed by atoms with van der Waals surface area (Å²) in [6, 6.07) is -2.83. The highest BCUT2D eigenvalue weighted by atomic mass is 32.2. The number of nitrogens with two attached hydrogens (primary N) is 3. The number of amides is 2. The molecule has 0 radical (unpaired) electrons. The third-order valence-electron chi connectivity index (χ3n) is 6.15. The second-order valence-electron chi connectivity index (χ2n) is 8.87. The average Bonchev–Trinajstić information content (AvgIpc) is 3.62. The van der Waals surface area contributed by atoms with Crippen LogP contribution in [0, 0.1) is 0 Å². The van der Waals surface area contributed by atoms with Gasteiger partial charge in [-0.15, -0.1) is 11.3 Å². The van der Waals surface area contributed by atoms with Crippen molar-refractivity contribution in [1.82, 2.24) is 29.6 Å². The Kier molecular flexibility index (Phi) is 7.88.